The predicted octanol–water partition coefficient (Wildman–Crippen LogP) is 3.41. The fourth-order valence-corrected chi connectivity index (χ4v) is 4.62. The van der Waals surface area contributed by atoms with Crippen molar-refractivity contribution in [1.82, 2.24) is 15.2 Å². The molecule has 2 heterocycles. The molecule has 0 spiro atoms. The minimum Gasteiger partial charge on any atom is -0.351 e. The molecule has 4 rings (SSSR count). The number of thiazole rings is 1. The zero-order valence-electron chi connectivity index (χ0n) is 16.1. The number of carbonyl (C=O) groups is 1. The standard InChI is InChI=1S/C20H20ClN5O3S/c21-14-5-6-17(26(28)29)15(13-14)19(27)22-7-8-24-9-11-25(12-10-24)20-23-16-3-1-2-4-18(16)30-20/h1-6,13H,7-12H2,(H,22,27). The van der Waals surface area contributed by atoms with E-state index in [0.717, 1.165) is 36.8 Å². The molecule has 0 bridgehead atoms. The van der Waals surface area contributed by atoms with Crippen LogP contribution in [-0.4, -0.2) is 60.0 Å². The maximum Gasteiger partial charge on any atom is 0.282 e. The number of piperazine rings is 1. The van der Waals surface area contributed by atoms with Crippen LogP contribution in [0.4, 0.5) is 10.8 Å². The molecular formula is C20H20ClN5O3S. The summed E-state index contributed by atoms with van der Waals surface area (Å²) in [4.78, 5) is 32.2. The number of nitro groups is 1. The third-order valence-corrected chi connectivity index (χ3v) is 6.37. The number of benzene rings is 2. The van der Waals surface area contributed by atoms with Crippen LogP contribution in [0.15, 0.2) is 42.5 Å². The van der Waals surface area contributed by atoms with Gasteiger partial charge < -0.3 is 10.2 Å². The number of hydrogen-bond acceptors (Lipinski definition) is 7. The zero-order chi connectivity index (χ0) is 21.1. The summed E-state index contributed by atoms with van der Waals surface area (Å²) in [5.41, 5.74) is 0.757. The van der Waals surface area contributed by atoms with Crippen molar-refractivity contribution in [2.75, 3.05) is 44.2 Å². The van der Waals surface area contributed by atoms with Gasteiger partial charge in [0.25, 0.3) is 11.6 Å². The molecule has 0 radical (unpaired) electrons. The molecule has 2 aromatic carbocycles. The Morgan fingerprint density at radius 1 is 1.20 bits per heavy atom. The van der Waals surface area contributed by atoms with Crippen molar-refractivity contribution in [1.29, 1.82) is 0 Å². The molecule has 0 aliphatic carbocycles. The lowest BCUT2D eigenvalue weighted by Crippen LogP contribution is -2.48. The molecule has 1 amide bonds. The Balaban J connectivity index is 1.27. The SMILES string of the molecule is O=C(NCCN1CCN(c2nc3ccccc3s2)CC1)c1cc(Cl)ccc1[N+](=O)[O-]. The van der Waals surface area contributed by atoms with Gasteiger partial charge in [0.2, 0.25) is 0 Å². The van der Waals surface area contributed by atoms with Crippen LogP contribution in [0.1, 0.15) is 10.4 Å². The number of fused-ring (bicyclic) bond motifs is 1. The van der Waals surface area contributed by atoms with Gasteiger partial charge in [-0.25, -0.2) is 4.98 Å². The van der Waals surface area contributed by atoms with E-state index in [2.05, 4.69) is 21.2 Å². The minimum atomic E-state index is -0.577. The first-order valence-electron chi connectivity index (χ1n) is 9.56. The van der Waals surface area contributed by atoms with Crippen LogP contribution in [0.3, 0.4) is 0 Å². The van der Waals surface area contributed by atoms with Gasteiger partial charge >= 0.3 is 0 Å². The van der Waals surface area contributed by atoms with Gasteiger partial charge in [0, 0.05) is 50.4 Å². The number of amides is 1. The molecule has 1 aromatic heterocycles. The number of aromatic nitrogens is 1. The smallest absolute Gasteiger partial charge is 0.282 e. The topological polar surface area (TPSA) is 91.6 Å². The van der Waals surface area contributed by atoms with Crippen LogP contribution in [0.2, 0.25) is 5.02 Å². The van der Waals surface area contributed by atoms with E-state index in [1.165, 1.54) is 22.9 Å². The number of nitrogens with one attached hydrogen (secondary N) is 1. The summed E-state index contributed by atoms with van der Waals surface area (Å²) in [5, 5.41) is 15.2. The summed E-state index contributed by atoms with van der Waals surface area (Å²) >= 11 is 7.59. The molecule has 8 nitrogen and oxygen atoms in total. The fourth-order valence-electron chi connectivity index (χ4n) is 3.43. The highest BCUT2D eigenvalue weighted by atomic mass is 35.5. The van der Waals surface area contributed by atoms with Crippen LogP contribution in [0, 0.1) is 10.1 Å². The summed E-state index contributed by atoms with van der Waals surface area (Å²) in [5.74, 6) is -0.489. The molecule has 0 saturated carbocycles. The Morgan fingerprint density at radius 3 is 2.70 bits per heavy atom. The maximum absolute atomic E-state index is 12.4. The molecule has 0 atom stereocenters. The number of hydrogen-bond donors (Lipinski definition) is 1. The molecule has 0 unspecified atom stereocenters. The van der Waals surface area contributed by atoms with E-state index in [9.17, 15) is 14.9 Å². The second-order valence-corrected chi connectivity index (χ2v) is 8.41. The Kier molecular flexibility index (Phi) is 6.12. The molecule has 10 heteroatoms. The zero-order valence-corrected chi connectivity index (χ0v) is 17.7. The lowest BCUT2D eigenvalue weighted by atomic mass is 10.1. The maximum atomic E-state index is 12.4. The average Bonchev–Trinajstić information content (AvgIpc) is 3.18. The van der Waals surface area contributed by atoms with E-state index in [1.54, 1.807) is 11.3 Å². The minimum absolute atomic E-state index is 0.0202. The highest BCUT2D eigenvalue weighted by molar-refractivity contribution is 7.22. The van der Waals surface area contributed by atoms with Gasteiger partial charge in [-0.2, -0.15) is 0 Å². The van der Waals surface area contributed by atoms with E-state index in [1.807, 2.05) is 18.2 Å². The number of nitro benzene ring substituents is 1. The van der Waals surface area contributed by atoms with Gasteiger partial charge in [-0.05, 0) is 24.3 Å². The van der Waals surface area contributed by atoms with Crippen LogP contribution in [0.5, 0.6) is 0 Å². The molecular weight excluding hydrogens is 426 g/mol. The quantitative estimate of drug-likeness (QED) is 0.461. The largest absolute Gasteiger partial charge is 0.351 e. The summed E-state index contributed by atoms with van der Waals surface area (Å²) < 4.78 is 1.19. The van der Waals surface area contributed by atoms with Gasteiger partial charge in [0.1, 0.15) is 5.56 Å². The molecule has 1 fully saturated rings. The van der Waals surface area contributed by atoms with E-state index in [0.29, 0.717) is 13.1 Å². The highest BCUT2D eigenvalue weighted by Crippen LogP contribution is 2.29. The number of para-hydroxylation sites is 1. The summed E-state index contributed by atoms with van der Waals surface area (Å²) in [6, 6.07) is 12.1. The van der Waals surface area contributed by atoms with Gasteiger partial charge in [-0.1, -0.05) is 35.1 Å². The first kappa shape index (κ1) is 20.5. The molecule has 30 heavy (non-hydrogen) atoms. The van der Waals surface area contributed by atoms with Crippen LogP contribution >= 0.6 is 22.9 Å². The van der Waals surface area contributed by atoms with Gasteiger partial charge in [0.05, 0.1) is 15.1 Å². The molecule has 1 saturated heterocycles. The van der Waals surface area contributed by atoms with Crippen molar-refractivity contribution in [3.63, 3.8) is 0 Å². The third kappa shape index (κ3) is 4.53. The number of carbonyl (C=O) groups excluding carboxylic acids is 1. The highest BCUT2D eigenvalue weighted by Gasteiger charge is 2.22. The van der Waals surface area contributed by atoms with E-state index < -0.39 is 10.8 Å². The second kappa shape index (κ2) is 8.95. The number of halogens is 1. The molecule has 3 aromatic rings. The first-order chi connectivity index (χ1) is 14.5. The molecule has 1 aliphatic heterocycles. The fraction of sp³-hybridized carbons (Fsp3) is 0.300. The molecule has 1 N–H and O–H groups in total. The third-order valence-electron chi connectivity index (χ3n) is 5.04. The number of nitrogens with zero attached hydrogens (tertiary/aromatic N) is 4. The predicted molar refractivity (Wildman–Crippen MR) is 119 cm³/mol. The number of anilines is 1. The average molecular weight is 446 g/mol. The lowest BCUT2D eigenvalue weighted by molar-refractivity contribution is -0.385. The van der Waals surface area contributed by atoms with Crippen molar-refractivity contribution in [2.24, 2.45) is 0 Å². The van der Waals surface area contributed by atoms with Gasteiger partial charge in [-0.3, -0.25) is 19.8 Å². The van der Waals surface area contributed by atoms with Gasteiger partial charge in [-0.15, -0.1) is 0 Å². The van der Waals surface area contributed by atoms with E-state index >= 15 is 0 Å². The van der Waals surface area contributed by atoms with Crippen molar-refractivity contribution in [3.8, 4) is 0 Å². The summed E-state index contributed by atoms with van der Waals surface area (Å²) in [7, 11) is 0. The monoisotopic (exact) mass is 445 g/mol. The van der Waals surface area contributed by atoms with E-state index in [4.69, 9.17) is 16.6 Å². The Morgan fingerprint density at radius 2 is 1.97 bits per heavy atom. The summed E-state index contributed by atoms with van der Waals surface area (Å²) in [6.07, 6.45) is 0. The van der Waals surface area contributed by atoms with Gasteiger partial charge in [0.15, 0.2) is 5.13 Å². The second-order valence-electron chi connectivity index (χ2n) is 6.97. The molecule has 1 aliphatic rings. The summed E-state index contributed by atoms with van der Waals surface area (Å²) in [6.45, 7) is 4.55. The number of rotatable bonds is 6. The van der Waals surface area contributed by atoms with E-state index in [-0.39, 0.29) is 16.3 Å². The van der Waals surface area contributed by atoms with Crippen molar-refractivity contribution < 1.29 is 9.72 Å². The van der Waals surface area contributed by atoms with Crippen molar-refractivity contribution in [3.05, 3.63) is 63.2 Å². The lowest BCUT2D eigenvalue weighted by Gasteiger charge is -2.34. The van der Waals surface area contributed by atoms with Crippen LogP contribution < -0.4 is 10.2 Å². The first-order valence-corrected chi connectivity index (χ1v) is 10.8. The Hall–Kier alpha value is -2.75. The van der Waals surface area contributed by atoms with Crippen molar-refractivity contribution in [2.45, 2.75) is 0 Å². The van der Waals surface area contributed by atoms with Crippen molar-refractivity contribution >= 4 is 49.9 Å². The Labute approximate surface area is 182 Å². The van der Waals surface area contributed by atoms with Crippen LogP contribution in [-0.2, 0) is 0 Å². The van der Waals surface area contributed by atoms with Crippen LogP contribution in [0.25, 0.3) is 10.2 Å². The Bertz CT molecular complexity index is 1050. The normalized spacial score (nSPS) is 14.8. The molecule has 156 valence electrons.